The molecule has 2 aromatic carbocycles. The first kappa shape index (κ1) is 17.1. The topological polar surface area (TPSA) is 52.2 Å². The first-order chi connectivity index (χ1) is 12.7. The van der Waals surface area contributed by atoms with Gasteiger partial charge in [0.25, 0.3) is 5.56 Å². The Bertz CT molecular complexity index is 1140. The second kappa shape index (κ2) is 7.13. The summed E-state index contributed by atoms with van der Waals surface area (Å²) in [5.41, 5.74) is 1.91. The van der Waals surface area contributed by atoms with Crippen molar-refractivity contribution >= 4 is 40.0 Å². The molecule has 0 saturated carbocycles. The monoisotopic (exact) mass is 384 g/mol. The number of fused-ring (bicyclic) bond motifs is 3. The van der Waals surface area contributed by atoms with Crippen molar-refractivity contribution in [1.82, 2.24) is 19.2 Å². The van der Waals surface area contributed by atoms with Crippen molar-refractivity contribution in [3.8, 4) is 0 Å². The first-order valence-electron chi connectivity index (χ1n) is 8.43. The van der Waals surface area contributed by atoms with Crippen LogP contribution < -0.4 is 5.56 Å². The minimum atomic E-state index is -0.0798. The van der Waals surface area contributed by atoms with Crippen molar-refractivity contribution in [3.05, 3.63) is 69.5 Å². The van der Waals surface area contributed by atoms with Crippen LogP contribution in [0.15, 0.2) is 58.5 Å². The Kier molecular flexibility index (Phi) is 4.70. The van der Waals surface area contributed by atoms with Crippen LogP contribution in [0.5, 0.6) is 0 Å². The molecule has 7 heteroatoms. The van der Waals surface area contributed by atoms with E-state index < -0.39 is 0 Å². The van der Waals surface area contributed by atoms with Crippen LogP contribution >= 0.6 is 23.4 Å². The first-order valence-corrected chi connectivity index (χ1v) is 9.79. The summed E-state index contributed by atoms with van der Waals surface area (Å²) < 4.78 is 3.63. The van der Waals surface area contributed by atoms with Crippen molar-refractivity contribution in [2.75, 3.05) is 0 Å². The lowest BCUT2D eigenvalue weighted by molar-refractivity contribution is 0.662. The molecule has 4 rings (SSSR count). The van der Waals surface area contributed by atoms with Crippen molar-refractivity contribution in [1.29, 1.82) is 0 Å². The molecule has 0 saturated heterocycles. The normalized spacial score (nSPS) is 11.5. The maximum atomic E-state index is 12.9. The van der Waals surface area contributed by atoms with Gasteiger partial charge >= 0.3 is 0 Å². The Morgan fingerprint density at radius 1 is 1.12 bits per heavy atom. The third kappa shape index (κ3) is 2.99. The molecule has 0 radical (unpaired) electrons. The molecule has 0 aliphatic heterocycles. The van der Waals surface area contributed by atoms with E-state index in [0.29, 0.717) is 22.7 Å². The minimum absolute atomic E-state index is 0.0798. The predicted octanol–water partition coefficient (Wildman–Crippen LogP) is 4.40. The molecule has 0 spiro atoms. The van der Waals surface area contributed by atoms with Crippen molar-refractivity contribution in [2.24, 2.45) is 0 Å². The summed E-state index contributed by atoms with van der Waals surface area (Å²) in [5.74, 6) is 1.35. The lowest BCUT2D eigenvalue weighted by Crippen LogP contribution is -2.23. The van der Waals surface area contributed by atoms with Crippen LogP contribution in [0.2, 0.25) is 5.02 Å². The Hall–Kier alpha value is -2.31. The molecule has 4 aromatic rings. The molecule has 2 aromatic heterocycles. The van der Waals surface area contributed by atoms with Crippen LogP contribution in [0.1, 0.15) is 18.9 Å². The van der Waals surface area contributed by atoms with E-state index in [0.717, 1.165) is 22.8 Å². The molecule has 0 aliphatic rings. The Morgan fingerprint density at radius 2 is 1.92 bits per heavy atom. The number of rotatable bonds is 5. The van der Waals surface area contributed by atoms with Gasteiger partial charge in [-0.3, -0.25) is 13.8 Å². The second-order valence-electron chi connectivity index (χ2n) is 6.01. The summed E-state index contributed by atoms with van der Waals surface area (Å²) in [6, 6.07) is 15.6. The number of hydrogen-bond donors (Lipinski definition) is 0. The van der Waals surface area contributed by atoms with Crippen LogP contribution in [0.25, 0.3) is 16.7 Å². The van der Waals surface area contributed by atoms with E-state index in [9.17, 15) is 4.79 Å². The van der Waals surface area contributed by atoms with Gasteiger partial charge in [-0.1, -0.05) is 60.6 Å². The zero-order valence-electron chi connectivity index (χ0n) is 14.2. The largest absolute Gasteiger partial charge is 0.276 e. The molecular weight excluding hydrogens is 368 g/mol. The van der Waals surface area contributed by atoms with Crippen molar-refractivity contribution < 1.29 is 0 Å². The van der Waals surface area contributed by atoms with E-state index in [-0.39, 0.29) is 5.56 Å². The number of nitrogens with zero attached hydrogens (tertiary/aromatic N) is 4. The average Bonchev–Trinajstić information content (AvgIpc) is 3.08. The van der Waals surface area contributed by atoms with E-state index in [1.807, 2.05) is 35.6 Å². The highest BCUT2D eigenvalue weighted by atomic mass is 35.5. The number of benzene rings is 2. The van der Waals surface area contributed by atoms with Gasteiger partial charge in [-0.15, -0.1) is 10.2 Å². The maximum absolute atomic E-state index is 12.9. The lowest BCUT2D eigenvalue weighted by Gasteiger charge is -2.10. The smallest absolute Gasteiger partial charge is 0.262 e. The molecule has 0 bridgehead atoms. The molecule has 5 nitrogen and oxygen atoms in total. The SMILES string of the molecule is CCCn1c(=O)c2cc(Cl)ccc2n2c(SCc3ccccc3)nnc12. The summed E-state index contributed by atoms with van der Waals surface area (Å²) >= 11 is 7.73. The summed E-state index contributed by atoms with van der Waals surface area (Å²) in [6.07, 6.45) is 0.834. The Labute approximate surface area is 159 Å². The fraction of sp³-hybridized carbons (Fsp3) is 0.211. The number of thioether (sulfide) groups is 1. The molecule has 132 valence electrons. The van der Waals surface area contributed by atoms with Gasteiger partial charge in [0, 0.05) is 17.3 Å². The van der Waals surface area contributed by atoms with Crippen LogP contribution in [-0.4, -0.2) is 19.2 Å². The van der Waals surface area contributed by atoms with Gasteiger partial charge in [-0.25, -0.2) is 0 Å². The minimum Gasteiger partial charge on any atom is -0.276 e. The van der Waals surface area contributed by atoms with Crippen molar-refractivity contribution in [2.45, 2.75) is 30.8 Å². The van der Waals surface area contributed by atoms with Crippen LogP contribution in [0, 0.1) is 0 Å². The van der Waals surface area contributed by atoms with Gasteiger partial charge in [0.05, 0.1) is 10.9 Å². The number of halogens is 1. The van der Waals surface area contributed by atoms with E-state index in [1.54, 1.807) is 28.5 Å². The standard InChI is InChI=1S/C19H17ClN4OS/c1-2-10-23-17(25)15-11-14(20)8-9-16(15)24-18(23)21-22-19(24)26-12-13-6-4-3-5-7-13/h3-9,11H,2,10,12H2,1H3. The molecule has 0 fully saturated rings. The number of aromatic nitrogens is 4. The average molecular weight is 385 g/mol. The van der Waals surface area contributed by atoms with Crippen molar-refractivity contribution in [3.63, 3.8) is 0 Å². The van der Waals surface area contributed by atoms with Gasteiger partial charge in [-0.05, 0) is 30.2 Å². The van der Waals surface area contributed by atoms with E-state index >= 15 is 0 Å². The molecule has 0 N–H and O–H groups in total. The highest BCUT2D eigenvalue weighted by Gasteiger charge is 2.16. The van der Waals surface area contributed by atoms with Crippen LogP contribution in [-0.2, 0) is 12.3 Å². The zero-order chi connectivity index (χ0) is 18.1. The highest BCUT2D eigenvalue weighted by molar-refractivity contribution is 7.98. The fourth-order valence-corrected chi connectivity index (χ4v) is 4.07. The summed E-state index contributed by atoms with van der Waals surface area (Å²) in [5, 5.41) is 10.5. The fourth-order valence-electron chi connectivity index (χ4n) is 3.00. The Balaban J connectivity index is 1.90. The quantitative estimate of drug-likeness (QED) is 0.478. The summed E-state index contributed by atoms with van der Waals surface area (Å²) in [6.45, 7) is 2.62. The van der Waals surface area contributed by atoms with Crippen LogP contribution in [0.3, 0.4) is 0 Å². The Morgan fingerprint density at radius 3 is 2.69 bits per heavy atom. The summed E-state index contributed by atoms with van der Waals surface area (Å²) in [7, 11) is 0. The van der Waals surface area contributed by atoms with E-state index in [4.69, 9.17) is 11.6 Å². The molecule has 2 heterocycles. The molecule has 0 unspecified atom stereocenters. The van der Waals surface area contributed by atoms with E-state index in [2.05, 4.69) is 22.3 Å². The number of hydrogen-bond acceptors (Lipinski definition) is 4. The highest BCUT2D eigenvalue weighted by Crippen LogP contribution is 2.25. The molecule has 0 aliphatic carbocycles. The maximum Gasteiger partial charge on any atom is 0.262 e. The van der Waals surface area contributed by atoms with Gasteiger partial charge in [0.1, 0.15) is 0 Å². The summed E-state index contributed by atoms with van der Waals surface area (Å²) in [4.78, 5) is 12.9. The molecule has 0 atom stereocenters. The van der Waals surface area contributed by atoms with E-state index in [1.165, 1.54) is 5.56 Å². The molecule has 0 amide bonds. The zero-order valence-corrected chi connectivity index (χ0v) is 15.8. The lowest BCUT2D eigenvalue weighted by atomic mass is 10.2. The van der Waals surface area contributed by atoms with Gasteiger partial charge < -0.3 is 0 Å². The van der Waals surface area contributed by atoms with Gasteiger partial charge in [0.2, 0.25) is 5.78 Å². The number of aryl methyl sites for hydroxylation is 1. The van der Waals surface area contributed by atoms with Gasteiger partial charge in [-0.2, -0.15) is 0 Å². The third-order valence-corrected chi connectivity index (χ3v) is 5.43. The van der Waals surface area contributed by atoms with Crippen LogP contribution in [0.4, 0.5) is 0 Å². The predicted molar refractivity (Wildman–Crippen MR) is 106 cm³/mol. The third-order valence-electron chi connectivity index (χ3n) is 4.19. The molecule has 26 heavy (non-hydrogen) atoms. The second-order valence-corrected chi connectivity index (χ2v) is 7.39. The molecular formula is C19H17ClN4OS. The van der Waals surface area contributed by atoms with Gasteiger partial charge in [0.15, 0.2) is 5.16 Å².